The van der Waals surface area contributed by atoms with Gasteiger partial charge < -0.3 is 0 Å². The van der Waals surface area contributed by atoms with Gasteiger partial charge in [-0.2, -0.15) is 21.0 Å². The van der Waals surface area contributed by atoms with Crippen molar-refractivity contribution in [1.29, 1.82) is 0 Å². The quantitative estimate of drug-likeness (QED) is 0.332. The zero-order chi connectivity index (χ0) is 5.91. The summed E-state index contributed by atoms with van der Waals surface area (Å²) in [5.74, 6) is -0.102. The Bertz CT molecular complexity index is 128. The third kappa shape index (κ3) is 10.8. The van der Waals surface area contributed by atoms with E-state index in [1.54, 1.807) is 0 Å². The molecule has 0 aromatic heterocycles. The molecule has 0 aliphatic rings. The Kier molecular flexibility index (Phi) is 8.89. The molecule has 0 heterocycles. The molecule has 0 aliphatic carbocycles. The molecule has 0 saturated heterocycles. The molecule has 0 fully saturated rings. The molecule has 0 radical (unpaired) electrons. The van der Waals surface area contributed by atoms with E-state index in [4.69, 9.17) is 4.55 Å². The summed E-state index contributed by atoms with van der Waals surface area (Å²) < 4.78 is 27.4. The molecule has 6 heteroatoms. The van der Waals surface area contributed by atoms with Crippen LogP contribution in [0.5, 0.6) is 0 Å². The first kappa shape index (κ1) is 12.6. The van der Waals surface area contributed by atoms with Crippen molar-refractivity contribution in [3.8, 4) is 0 Å². The Balaban J connectivity index is 0. The third-order valence-corrected chi connectivity index (χ3v) is 1.60. The van der Waals surface area contributed by atoms with Gasteiger partial charge in [0.2, 0.25) is 0 Å². The van der Waals surface area contributed by atoms with Crippen LogP contribution in [0.1, 0.15) is 0 Å². The van der Waals surface area contributed by atoms with Crippen molar-refractivity contribution in [3.63, 3.8) is 0 Å². The van der Waals surface area contributed by atoms with Gasteiger partial charge in [-0.1, -0.05) is 0 Å². The van der Waals surface area contributed by atoms with E-state index in [-0.39, 0.29) is 62.9 Å². The predicted octanol–water partition coefficient (Wildman–Crippen LogP) is -0.845. The normalized spacial score (nSPS) is 10.2. The van der Waals surface area contributed by atoms with E-state index in [9.17, 15) is 8.42 Å². The average molecular weight is 182 g/mol. The summed E-state index contributed by atoms with van der Waals surface area (Å²) in [6, 6.07) is 0. The van der Waals surface area contributed by atoms with Crippen LogP contribution >= 0.6 is 12.6 Å². The Morgan fingerprint density at radius 2 is 1.88 bits per heavy atom. The summed E-state index contributed by atoms with van der Waals surface area (Å²) in [6.45, 7) is 0. The molecule has 0 amide bonds. The monoisotopic (exact) mass is 182 g/mol. The molecular formula is C2H7KO3S2. The summed E-state index contributed by atoms with van der Waals surface area (Å²) in [6.07, 6.45) is 0. The molecule has 0 unspecified atom stereocenters. The van der Waals surface area contributed by atoms with Gasteiger partial charge in [-0.25, -0.2) is 0 Å². The summed E-state index contributed by atoms with van der Waals surface area (Å²) >= 11 is 3.57. The second kappa shape index (κ2) is 5.66. The summed E-state index contributed by atoms with van der Waals surface area (Å²) in [4.78, 5) is 0. The van der Waals surface area contributed by atoms with Crippen molar-refractivity contribution in [2.45, 2.75) is 0 Å². The second-order valence-electron chi connectivity index (χ2n) is 1.01. The summed E-state index contributed by atoms with van der Waals surface area (Å²) in [5, 5.41) is 0. The van der Waals surface area contributed by atoms with Gasteiger partial charge in [0.05, 0.1) is 5.75 Å². The first-order valence-electron chi connectivity index (χ1n) is 1.62. The SMILES string of the molecule is O=S(=O)(O)CCS.[KH]. The molecule has 46 valence electrons. The zero-order valence-corrected chi connectivity index (χ0v) is 5.24. The van der Waals surface area contributed by atoms with Crippen LogP contribution in [-0.4, -0.2) is 75.9 Å². The topological polar surface area (TPSA) is 54.4 Å². The molecular weight excluding hydrogens is 175 g/mol. The standard InChI is InChI=1S/C2H6O3S2.K.H/c3-7(4,5)2-1-6;;/h6H,1-2H2,(H,3,4,5);;. The van der Waals surface area contributed by atoms with Crippen LogP contribution in [0.25, 0.3) is 0 Å². The molecule has 0 saturated carbocycles. The fourth-order valence-corrected chi connectivity index (χ4v) is 1.04. The van der Waals surface area contributed by atoms with Gasteiger partial charge in [-0.05, 0) is 0 Å². The van der Waals surface area contributed by atoms with Crippen LogP contribution in [0.4, 0.5) is 0 Å². The van der Waals surface area contributed by atoms with E-state index in [0.29, 0.717) is 0 Å². The van der Waals surface area contributed by atoms with Gasteiger partial charge in [-0.3, -0.25) is 4.55 Å². The molecule has 0 atom stereocenters. The Morgan fingerprint density at radius 3 is 1.88 bits per heavy atom. The molecule has 0 rings (SSSR count). The maximum absolute atomic E-state index is 9.74. The van der Waals surface area contributed by atoms with Crippen molar-refractivity contribution < 1.29 is 13.0 Å². The molecule has 0 aromatic rings. The summed E-state index contributed by atoms with van der Waals surface area (Å²) in [5.41, 5.74) is 0. The van der Waals surface area contributed by atoms with E-state index in [1.165, 1.54) is 0 Å². The Labute approximate surface area is 96.8 Å². The van der Waals surface area contributed by atoms with Crippen molar-refractivity contribution in [3.05, 3.63) is 0 Å². The molecule has 0 aromatic carbocycles. The van der Waals surface area contributed by atoms with Crippen molar-refractivity contribution >= 4 is 74.1 Å². The average Bonchev–Trinajstić information content (AvgIpc) is 1.30. The third-order valence-electron chi connectivity index (χ3n) is 0.349. The molecule has 3 nitrogen and oxygen atoms in total. The van der Waals surface area contributed by atoms with E-state index < -0.39 is 10.1 Å². The van der Waals surface area contributed by atoms with E-state index >= 15 is 0 Å². The summed E-state index contributed by atoms with van der Waals surface area (Å²) in [7, 11) is -3.75. The van der Waals surface area contributed by atoms with E-state index in [2.05, 4.69) is 12.6 Å². The minimum absolute atomic E-state index is 0. The van der Waals surface area contributed by atoms with Gasteiger partial charge in [-0.15, -0.1) is 0 Å². The molecule has 0 bridgehead atoms. The van der Waals surface area contributed by atoms with Crippen LogP contribution in [0.2, 0.25) is 0 Å². The van der Waals surface area contributed by atoms with Gasteiger partial charge in [0.15, 0.2) is 0 Å². The van der Waals surface area contributed by atoms with Gasteiger partial charge in [0.25, 0.3) is 10.1 Å². The van der Waals surface area contributed by atoms with Crippen LogP contribution in [-0.2, 0) is 10.1 Å². The molecule has 0 spiro atoms. The van der Waals surface area contributed by atoms with Crippen molar-refractivity contribution in [1.82, 2.24) is 0 Å². The van der Waals surface area contributed by atoms with Crippen molar-refractivity contribution in [2.75, 3.05) is 11.5 Å². The predicted molar refractivity (Wildman–Crippen MR) is 37.4 cm³/mol. The number of rotatable bonds is 2. The first-order chi connectivity index (χ1) is 3.06. The number of thiol groups is 1. The van der Waals surface area contributed by atoms with Gasteiger partial charge in [0.1, 0.15) is 0 Å². The Hall–Kier alpha value is 1.90. The van der Waals surface area contributed by atoms with E-state index in [1.807, 2.05) is 0 Å². The van der Waals surface area contributed by atoms with Crippen LogP contribution in [0, 0.1) is 0 Å². The van der Waals surface area contributed by atoms with Crippen LogP contribution < -0.4 is 0 Å². The zero-order valence-electron chi connectivity index (χ0n) is 3.53. The fraction of sp³-hybridized carbons (Fsp3) is 1.00. The van der Waals surface area contributed by atoms with Gasteiger partial charge in [0, 0.05) is 5.75 Å². The van der Waals surface area contributed by atoms with Crippen LogP contribution in [0.3, 0.4) is 0 Å². The first-order valence-corrected chi connectivity index (χ1v) is 3.86. The molecule has 8 heavy (non-hydrogen) atoms. The number of hydrogen-bond acceptors (Lipinski definition) is 3. The fourth-order valence-electron chi connectivity index (χ4n) is 0.115. The number of hydrogen-bond donors (Lipinski definition) is 2. The minimum atomic E-state index is -3.75. The second-order valence-corrected chi connectivity index (χ2v) is 3.03. The van der Waals surface area contributed by atoms with E-state index in [0.717, 1.165) is 0 Å². The van der Waals surface area contributed by atoms with Gasteiger partial charge >= 0.3 is 51.4 Å². The van der Waals surface area contributed by atoms with Crippen molar-refractivity contribution in [2.24, 2.45) is 0 Å². The molecule has 1 N–H and O–H groups in total. The van der Waals surface area contributed by atoms with Crippen LogP contribution in [0.15, 0.2) is 0 Å². The Morgan fingerprint density at radius 1 is 1.50 bits per heavy atom. The maximum atomic E-state index is 9.74. The molecule has 0 aliphatic heterocycles.